The predicted octanol–water partition coefficient (Wildman–Crippen LogP) is 7.86. The minimum atomic E-state index is 0.446. The van der Waals surface area contributed by atoms with E-state index in [0.29, 0.717) is 17.1 Å². The van der Waals surface area contributed by atoms with Crippen LogP contribution in [0.1, 0.15) is 5.56 Å². The van der Waals surface area contributed by atoms with Crippen LogP contribution in [0.3, 0.4) is 0 Å². The summed E-state index contributed by atoms with van der Waals surface area (Å²) < 4.78 is 12.7. The van der Waals surface area contributed by atoms with Crippen molar-refractivity contribution in [3.63, 3.8) is 0 Å². The summed E-state index contributed by atoms with van der Waals surface area (Å²) in [5.74, 6) is 1.92. The Morgan fingerprint density at radius 3 is 2.30 bits per heavy atom. The molecule has 0 fully saturated rings. The predicted molar refractivity (Wildman–Crippen MR) is 167 cm³/mol. The molecule has 6 heteroatoms. The van der Waals surface area contributed by atoms with Gasteiger partial charge in [0.15, 0.2) is 0 Å². The first-order valence-electron chi connectivity index (χ1n) is 14.0. The van der Waals surface area contributed by atoms with E-state index in [4.69, 9.17) is 4.74 Å². The van der Waals surface area contributed by atoms with Crippen LogP contribution in [0.15, 0.2) is 140 Å². The number of benzene rings is 5. The Bertz CT molecular complexity index is 2330. The van der Waals surface area contributed by atoms with Crippen LogP contribution in [0, 0.1) is 17.7 Å². The summed E-state index contributed by atoms with van der Waals surface area (Å²) >= 11 is 0. The van der Waals surface area contributed by atoms with E-state index in [2.05, 4.69) is 64.4 Å². The fourth-order valence-electron chi connectivity index (χ4n) is 5.72. The summed E-state index contributed by atoms with van der Waals surface area (Å²) in [6.45, 7) is 0. The number of ether oxygens (including phenoxy) is 1. The molecule has 6 nitrogen and oxygen atoms in total. The van der Waals surface area contributed by atoms with E-state index >= 15 is 0 Å². The highest BCUT2D eigenvalue weighted by Crippen LogP contribution is 2.35. The molecule has 43 heavy (non-hydrogen) atoms. The van der Waals surface area contributed by atoms with E-state index in [9.17, 15) is 5.26 Å². The van der Waals surface area contributed by atoms with E-state index in [1.54, 1.807) is 12.3 Å². The van der Waals surface area contributed by atoms with Crippen LogP contribution in [0.4, 0.5) is 0 Å². The van der Waals surface area contributed by atoms with Gasteiger partial charge in [-0.05, 0) is 60.7 Å². The average Bonchev–Trinajstić information content (AvgIpc) is 3.62. The van der Waals surface area contributed by atoms with Gasteiger partial charge in [0.05, 0.1) is 39.0 Å². The third-order valence-electron chi connectivity index (χ3n) is 7.67. The molecule has 0 unspecified atom stereocenters. The van der Waals surface area contributed by atoms with Crippen molar-refractivity contribution in [3.05, 3.63) is 152 Å². The molecular weight excluding hydrogens is 530 g/mol. The molecule has 0 N–H and O–H groups in total. The van der Waals surface area contributed by atoms with Gasteiger partial charge in [-0.1, -0.05) is 66.7 Å². The van der Waals surface area contributed by atoms with Gasteiger partial charge in [0, 0.05) is 23.0 Å². The topological polar surface area (TPSA) is 59.6 Å². The Morgan fingerprint density at radius 1 is 0.698 bits per heavy atom. The molecule has 3 heterocycles. The summed E-state index contributed by atoms with van der Waals surface area (Å²) in [5.41, 5.74) is 6.34. The highest BCUT2D eigenvalue weighted by Gasteiger charge is 2.16. The van der Waals surface area contributed by atoms with Gasteiger partial charge in [0.1, 0.15) is 23.4 Å². The smallest absolute Gasteiger partial charge is 0.269 e. The fraction of sp³-hybridized carbons (Fsp3) is 0. The van der Waals surface area contributed by atoms with Crippen molar-refractivity contribution < 1.29 is 9.30 Å². The third-order valence-corrected chi connectivity index (χ3v) is 7.67. The molecule has 0 spiro atoms. The third kappa shape index (κ3) is 4.11. The first kappa shape index (κ1) is 24.6. The van der Waals surface area contributed by atoms with Gasteiger partial charge in [-0.15, -0.1) is 0 Å². The van der Waals surface area contributed by atoms with Gasteiger partial charge < -0.3 is 4.74 Å². The Balaban J connectivity index is 1.25. The monoisotopic (exact) mass is 553 g/mol. The molecule has 0 radical (unpaired) electrons. The SMILES string of the molecule is N#Cc1ccc(-[n+]2[c-]n(-c3ccccc3)c3ccccc32)cc1Oc1ccc2c3ccccc3n(-c3ccccn3)c2c1. The van der Waals surface area contributed by atoms with E-state index < -0.39 is 0 Å². The maximum Gasteiger partial charge on any atom is 0.269 e. The molecule has 0 amide bonds. The maximum atomic E-state index is 9.98. The molecule has 8 aromatic rings. The van der Waals surface area contributed by atoms with E-state index in [0.717, 1.165) is 50.0 Å². The lowest BCUT2D eigenvalue weighted by Gasteiger charge is -2.12. The van der Waals surface area contributed by atoms with Crippen LogP contribution in [0.2, 0.25) is 0 Å². The molecule has 0 aliphatic carbocycles. The van der Waals surface area contributed by atoms with Crippen LogP contribution < -0.4 is 9.30 Å². The van der Waals surface area contributed by atoms with Crippen molar-refractivity contribution in [2.24, 2.45) is 0 Å². The number of nitrogens with zero attached hydrogens (tertiary/aromatic N) is 5. The molecule has 0 atom stereocenters. The number of aromatic nitrogens is 4. The summed E-state index contributed by atoms with van der Waals surface area (Å²) in [6.07, 6.45) is 5.30. The van der Waals surface area contributed by atoms with Crippen LogP contribution in [0.25, 0.3) is 50.0 Å². The zero-order chi connectivity index (χ0) is 28.8. The molecule has 5 aromatic carbocycles. The lowest BCUT2D eigenvalue weighted by molar-refractivity contribution is -0.572. The van der Waals surface area contributed by atoms with Gasteiger partial charge in [0.25, 0.3) is 6.33 Å². The number of imidazole rings is 1. The summed E-state index contributed by atoms with van der Waals surface area (Å²) in [5, 5.41) is 12.2. The number of hydrogen-bond acceptors (Lipinski definition) is 3. The van der Waals surface area contributed by atoms with Crippen LogP contribution >= 0.6 is 0 Å². The van der Waals surface area contributed by atoms with Crippen LogP contribution in [0.5, 0.6) is 11.5 Å². The molecular formula is C37H23N5O. The number of pyridine rings is 1. The van der Waals surface area contributed by atoms with Crippen molar-refractivity contribution in [2.45, 2.75) is 0 Å². The molecule has 202 valence electrons. The molecule has 0 bridgehead atoms. The highest BCUT2D eigenvalue weighted by molar-refractivity contribution is 6.09. The zero-order valence-corrected chi connectivity index (χ0v) is 22.9. The van der Waals surface area contributed by atoms with Gasteiger partial charge in [-0.2, -0.15) is 5.26 Å². The minimum Gasteiger partial charge on any atom is -0.456 e. The second-order valence-corrected chi connectivity index (χ2v) is 10.2. The van der Waals surface area contributed by atoms with Crippen molar-refractivity contribution in [1.82, 2.24) is 14.1 Å². The number of nitriles is 1. The number of fused-ring (bicyclic) bond motifs is 4. The lowest BCUT2D eigenvalue weighted by atomic mass is 10.1. The molecule has 0 aliphatic rings. The van der Waals surface area contributed by atoms with Crippen LogP contribution in [-0.2, 0) is 0 Å². The van der Waals surface area contributed by atoms with Gasteiger partial charge in [-0.25, -0.2) is 4.98 Å². The quantitative estimate of drug-likeness (QED) is 0.161. The van der Waals surface area contributed by atoms with Crippen molar-refractivity contribution in [1.29, 1.82) is 5.26 Å². The first-order chi connectivity index (χ1) is 21.3. The summed E-state index contributed by atoms with van der Waals surface area (Å²) in [4.78, 5) is 4.63. The second-order valence-electron chi connectivity index (χ2n) is 10.2. The Morgan fingerprint density at radius 2 is 1.47 bits per heavy atom. The Hall–Kier alpha value is -6.19. The maximum absolute atomic E-state index is 9.98. The molecule has 0 saturated heterocycles. The minimum absolute atomic E-state index is 0.446. The van der Waals surface area contributed by atoms with Crippen molar-refractivity contribution in [3.8, 4) is 34.8 Å². The van der Waals surface area contributed by atoms with E-state index in [-0.39, 0.29) is 0 Å². The number of rotatable bonds is 5. The first-order valence-corrected chi connectivity index (χ1v) is 14.0. The van der Waals surface area contributed by atoms with Crippen molar-refractivity contribution in [2.75, 3.05) is 0 Å². The van der Waals surface area contributed by atoms with Crippen LogP contribution in [-0.4, -0.2) is 14.1 Å². The Kier molecular flexibility index (Phi) is 5.73. The average molecular weight is 554 g/mol. The molecule has 0 aliphatic heterocycles. The molecule has 0 saturated carbocycles. The van der Waals surface area contributed by atoms with Gasteiger partial charge in [0.2, 0.25) is 0 Å². The van der Waals surface area contributed by atoms with E-state index in [1.165, 1.54) is 0 Å². The summed E-state index contributed by atoms with van der Waals surface area (Å²) in [7, 11) is 0. The Labute approximate surface area is 247 Å². The number of para-hydroxylation sites is 4. The lowest BCUT2D eigenvalue weighted by Crippen LogP contribution is -2.29. The molecule has 8 rings (SSSR count). The number of hydrogen-bond donors (Lipinski definition) is 0. The molecule has 3 aromatic heterocycles. The summed E-state index contributed by atoms with van der Waals surface area (Å²) in [6, 6.07) is 46.4. The highest BCUT2D eigenvalue weighted by atomic mass is 16.5. The largest absolute Gasteiger partial charge is 0.456 e. The second kappa shape index (κ2) is 10.0. The fourth-order valence-corrected chi connectivity index (χ4v) is 5.72. The standard InChI is InChI=1S/C37H23N5O/c38-24-26-17-18-28(41-25-40(27-10-2-1-3-11-27)33-14-6-7-15-34(33)41)22-36(26)43-29-19-20-31-30-12-4-5-13-32(30)42(35(31)23-29)37-16-8-9-21-39-37/h1-23H. The normalized spacial score (nSPS) is 11.2. The van der Waals surface area contributed by atoms with E-state index in [1.807, 2.05) is 94.1 Å². The van der Waals surface area contributed by atoms with Crippen molar-refractivity contribution >= 4 is 32.8 Å². The zero-order valence-electron chi connectivity index (χ0n) is 22.9. The van der Waals surface area contributed by atoms with Gasteiger partial charge >= 0.3 is 0 Å². The van der Waals surface area contributed by atoms with Gasteiger partial charge in [-0.3, -0.25) is 13.7 Å².